The Bertz CT molecular complexity index is 444. The first-order chi connectivity index (χ1) is 8.15. The molecule has 0 fully saturated rings. The SMILES string of the molecule is Cc1ccc(C(C)NC(C)Cc2cccs2)s1. The molecule has 1 nitrogen and oxygen atoms in total. The van der Waals surface area contributed by atoms with Crippen molar-refractivity contribution in [2.75, 3.05) is 0 Å². The Morgan fingerprint density at radius 1 is 1.24 bits per heavy atom. The van der Waals surface area contributed by atoms with Crippen molar-refractivity contribution in [3.8, 4) is 0 Å². The van der Waals surface area contributed by atoms with Gasteiger partial charge < -0.3 is 5.32 Å². The highest BCUT2D eigenvalue weighted by atomic mass is 32.1. The summed E-state index contributed by atoms with van der Waals surface area (Å²) in [7, 11) is 0. The van der Waals surface area contributed by atoms with Crippen molar-refractivity contribution in [1.29, 1.82) is 0 Å². The maximum atomic E-state index is 3.66. The minimum Gasteiger partial charge on any atom is -0.307 e. The topological polar surface area (TPSA) is 12.0 Å². The van der Waals surface area contributed by atoms with Crippen LogP contribution in [0.3, 0.4) is 0 Å². The Kier molecular flexibility index (Phi) is 4.37. The lowest BCUT2D eigenvalue weighted by atomic mass is 10.1. The summed E-state index contributed by atoms with van der Waals surface area (Å²) in [6.07, 6.45) is 1.12. The summed E-state index contributed by atoms with van der Waals surface area (Å²) < 4.78 is 0. The van der Waals surface area contributed by atoms with Crippen molar-refractivity contribution >= 4 is 22.7 Å². The lowest BCUT2D eigenvalue weighted by Gasteiger charge is -2.18. The molecule has 0 amide bonds. The van der Waals surface area contributed by atoms with Crippen LogP contribution in [0.25, 0.3) is 0 Å². The summed E-state index contributed by atoms with van der Waals surface area (Å²) in [6, 6.07) is 9.73. The molecule has 17 heavy (non-hydrogen) atoms. The lowest BCUT2D eigenvalue weighted by molar-refractivity contribution is 0.484. The van der Waals surface area contributed by atoms with Gasteiger partial charge in [-0.05, 0) is 50.8 Å². The van der Waals surface area contributed by atoms with Crippen LogP contribution in [0.15, 0.2) is 29.6 Å². The molecule has 2 unspecified atom stereocenters. The molecular weight excluding hydrogens is 246 g/mol. The van der Waals surface area contributed by atoms with Gasteiger partial charge in [-0.1, -0.05) is 6.07 Å². The van der Waals surface area contributed by atoms with E-state index in [0.29, 0.717) is 12.1 Å². The summed E-state index contributed by atoms with van der Waals surface area (Å²) in [5.74, 6) is 0. The predicted molar refractivity (Wildman–Crippen MR) is 78.1 cm³/mol. The smallest absolute Gasteiger partial charge is 0.0388 e. The van der Waals surface area contributed by atoms with Crippen LogP contribution >= 0.6 is 22.7 Å². The first-order valence-corrected chi connectivity index (χ1v) is 7.69. The third kappa shape index (κ3) is 3.66. The Morgan fingerprint density at radius 3 is 2.65 bits per heavy atom. The Balaban J connectivity index is 1.88. The van der Waals surface area contributed by atoms with Crippen LogP contribution in [0.1, 0.15) is 34.5 Å². The zero-order valence-corrected chi connectivity index (χ0v) is 12.2. The first-order valence-electron chi connectivity index (χ1n) is 6.00. The zero-order chi connectivity index (χ0) is 12.3. The van der Waals surface area contributed by atoms with Crippen molar-refractivity contribution in [3.63, 3.8) is 0 Å². The average molecular weight is 265 g/mol. The number of nitrogens with one attached hydrogen (secondary N) is 1. The van der Waals surface area contributed by atoms with Crippen LogP contribution in [0, 0.1) is 6.92 Å². The maximum absolute atomic E-state index is 3.66. The second-order valence-electron chi connectivity index (χ2n) is 4.52. The molecule has 0 aromatic carbocycles. The molecule has 0 aliphatic rings. The quantitative estimate of drug-likeness (QED) is 0.845. The molecule has 2 aromatic rings. The predicted octanol–water partition coefficient (Wildman–Crippen LogP) is 4.40. The van der Waals surface area contributed by atoms with Crippen molar-refractivity contribution in [2.45, 2.75) is 39.3 Å². The molecule has 0 bridgehead atoms. The summed E-state index contributed by atoms with van der Waals surface area (Å²) in [5, 5.41) is 5.81. The molecule has 0 aliphatic carbocycles. The molecule has 3 heteroatoms. The number of thiophene rings is 2. The molecule has 2 aromatic heterocycles. The van der Waals surface area contributed by atoms with E-state index >= 15 is 0 Å². The molecular formula is C14H19NS2. The number of hydrogen-bond acceptors (Lipinski definition) is 3. The lowest BCUT2D eigenvalue weighted by Crippen LogP contribution is -2.30. The fraction of sp³-hybridized carbons (Fsp3) is 0.429. The van der Waals surface area contributed by atoms with Gasteiger partial charge in [-0.3, -0.25) is 0 Å². The fourth-order valence-corrected chi connectivity index (χ4v) is 3.71. The van der Waals surface area contributed by atoms with Gasteiger partial charge in [0.2, 0.25) is 0 Å². The molecule has 0 aliphatic heterocycles. The van der Waals surface area contributed by atoms with Crippen molar-refractivity contribution < 1.29 is 0 Å². The van der Waals surface area contributed by atoms with Gasteiger partial charge in [0.25, 0.3) is 0 Å². The average Bonchev–Trinajstić information content (AvgIpc) is 2.89. The van der Waals surface area contributed by atoms with Gasteiger partial charge in [-0.2, -0.15) is 0 Å². The molecule has 0 spiro atoms. The van der Waals surface area contributed by atoms with E-state index in [4.69, 9.17) is 0 Å². The van der Waals surface area contributed by atoms with Crippen LogP contribution in [-0.2, 0) is 6.42 Å². The number of hydrogen-bond donors (Lipinski definition) is 1. The molecule has 0 saturated carbocycles. The van der Waals surface area contributed by atoms with E-state index in [1.54, 1.807) is 0 Å². The third-order valence-corrected chi connectivity index (χ3v) is 4.89. The van der Waals surface area contributed by atoms with E-state index in [-0.39, 0.29) is 0 Å². The summed E-state index contributed by atoms with van der Waals surface area (Å²) in [4.78, 5) is 4.28. The van der Waals surface area contributed by atoms with E-state index in [2.05, 4.69) is 55.7 Å². The largest absolute Gasteiger partial charge is 0.307 e. The van der Waals surface area contributed by atoms with Gasteiger partial charge >= 0.3 is 0 Å². The number of rotatable bonds is 5. The highest BCUT2D eigenvalue weighted by Crippen LogP contribution is 2.23. The highest BCUT2D eigenvalue weighted by Gasteiger charge is 2.11. The minimum absolute atomic E-state index is 0.448. The van der Waals surface area contributed by atoms with E-state index in [9.17, 15) is 0 Å². The molecule has 0 saturated heterocycles. The molecule has 1 N–H and O–H groups in total. The summed E-state index contributed by atoms with van der Waals surface area (Å²) >= 11 is 3.73. The fourth-order valence-electron chi connectivity index (χ4n) is 1.98. The van der Waals surface area contributed by atoms with E-state index in [1.165, 1.54) is 14.6 Å². The van der Waals surface area contributed by atoms with Gasteiger partial charge in [0.05, 0.1) is 0 Å². The van der Waals surface area contributed by atoms with Crippen LogP contribution in [0.5, 0.6) is 0 Å². The van der Waals surface area contributed by atoms with Crippen molar-refractivity contribution in [1.82, 2.24) is 5.32 Å². The molecule has 92 valence electrons. The zero-order valence-electron chi connectivity index (χ0n) is 10.6. The molecule has 2 atom stereocenters. The van der Waals surface area contributed by atoms with Crippen LogP contribution < -0.4 is 5.32 Å². The van der Waals surface area contributed by atoms with Gasteiger partial charge in [0.1, 0.15) is 0 Å². The van der Waals surface area contributed by atoms with Crippen LogP contribution in [0.4, 0.5) is 0 Å². The second kappa shape index (κ2) is 5.80. The monoisotopic (exact) mass is 265 g/mol. The second-order valence-corrected chi connectivity index (χ2v) is 6.87. The van der Waals surface area contributed by atoms with E-state index < -0.39 is 0 Å². The van der Waals surface area contributed by atoms with Crippen molar-refractivity contribution in [3.05, 3.63) is 44.3 Å². The van der Waals surface area contributed by atoms with Gasteiger partial charge in [-0.25, -0.2) is 0 Å². The first kappa shape index (κ1) is 12.8. The van der Waals surface area contributed by atoms with Gasteiger partial charge in [0.15, 0.2) is 0 Å². The number of aryl methyl sites for hydroxylation is 1. The third-order valence-electron chi connectivity index (χ3n) is 2.81. The summed E-state index contributed by atoms with van der Waals surface area (Å²) in [5.41, 5.74) is 0. The van der Waals surface area contributed by atoms with E-state index in [0.717, 1.165) is 6.42 Å². The molecule has 2 rings (SSSR count). The van der Waals surface area contributed by atoms with E-state index in [1.807, 2.05) is 22.7 Å². The van der Waals surface area contributed by atoms with Crippen LogP contribution in [-0.4, -0.2) is 6.04 Å². The maximum Gasteiger partial charge on any atom is 0.0388 e. The summed E-state index contributed by atoms with van der Waals surface area (Å²) in [6.45, 7) is 6.67. The minimum atomic E-state index is 0.448. The normalized spacial score (nSPS) is 14.8. The van der Waals surface area contributed by atoms with Gasteiger partial charge in [0, 0.05) is 26.7 Å². The highest BCUT2D eigenvalue weighted by molar-refractivity contribution is 7.12. The van der Waals surface area contributed by atoms with Crippen molar-refractivity contribution in [2.24, 2.45) is 0 Å². The molecule has 0 radical (unpaired) electrons. The Morgan fingerprint density at radius 2 is 2.06 bits per heavy atom. The molecule has 2 heterocycles. The Hall–Kier alpha value is -0.640. The standard InChI is InChI=1S/C14H19NS2/c1-10(9-13-5-4-8-16-13)15-12(3)14-7-6-11(2)17-14/h4-8,10,12,15H,9H2,1-3H3. The van der Waals surface area contributed by atoms with Crippen LogP contribution in [0.2, 0.25) is 0 Å². The Labute approximate surface area is 112 Å². The van der Waals surface area contributed by atoms with Gasteiger partial charge in [-0.15, -0.1) is 22.7 Å².